The van der Waals surface area contributed by atoms with Crippen molar-refractivity contribution in [3.63, 3.8) is 0 Å². The maximum Gasteiger partial charge on any atom is 0.416 e. The molecule has 2 fully saturated rings. The SMILES string of the molecule is COc1ccccc1C1c2sc(=O)n(CC(=O)Nc3cccc(C(F)(F)F)c3)c2SC2C3CCC(C3)C12. The molecule has 10 heteroatoms. The van der Waals surface area contributed by atoms with E-state index in [4.69, 9.17) is 4.74 Å². The lowest BCUT2D eigenvalue weighted by molar-refractivity contribution is -0.137. The lowest BCUT2D eigenvalue weighted by Gasteiger charge is -2.40. The number of thiazole rings is 1. The van der Waals surface area contributed by atoms with Crippen molar-refractivity contribution in [3.05, 3.63) is 74.2 Å². The lowest BCUT2D eigenvalue weighted by atomic mass is 9.74. The molecule has 1 aliphatic heterocycles. The van der Waals surface area contributed by atoms with Crippen molar-refractivity contribution in [2.75, 3.05) is 12.4 Å². The van der Waals surface area contributed by atoms with E-state index in [9.17, 15) is 22.8 Å². The zero-order valence-electron chi connectivity index (χ0n) is 20.0. The zero-order chi connectivity index (χ0) is 25.9. The van der Waals surface area contributed by atoms with Crippen molar-refractivity contribution in [3.8, 4) is 5.75 Å². The number of anilines is 1. The average molecular weight is 547 g/mol. The molecule has 2 heterocycles. The molecule has 1 amide bonds. The maximum atomic E-state index is 13.2. The first kappa shape index (κ1) is 24.6. The van der Waals surface area contributed by atoms with Gasteiger partial charge in [-0.25, -0.2) is 0 Å². The van der Waals surface area contributed by atoms with Crippen LogP contribution in [0.25, 0.3) is 0 Å². The number of aromatic nitrogens is 1. The van der Waals surface area contributed by atoms with E-state index in [1.54, 1.807) is 18.9 Å². The van der Waals surface area contributed by atoms with Crippen LogP contribution in [0.3, 0.4) is 0 Å². The summed E-state index contributed by atoms with van der Waals surface area (Å²) in [5.74, 6) is 1.84. The highest BCUT2D eigenvalue weighted by Crippen LogP contribution is 2.64. The predicted molar refractivity (Wildman–Crippen MR) is 137 cm³/mol. The molecule has 5 nitrogen and oxygen atoms in total. The van der Waals surface area contributed by atoms with E-state index in [1.807, 2.05) is 18.2 Å². The minimum atomic E-state index is -4.51. The second-order valence-corrected chi connectivity index (χ2v) is 12.1. The number of hydrogen-bond donors (Lipinski definition) is 1. The number of amides is 1. The van der Waals surface area contributed by atoms with Gasteiger partial charge in [0, 0.05) is 27.3 Å². The van der Waals surface area contributed by atoms with E-state index >= 15 is 0 Å². The third-order valence-corrected chi connectivity index (χ3v) is 10.8. The van der Waals surface area contributed by atoms with E-state index in [2.05, 4.69) is 11.4 Å². The second kappa shape index (κ2) is 9.23. The van der Waals surface area contributed by atoms with Crippen molar-refractivity contribution >= 4 is 34.7 Å². The van der Waals surface area contributed by atoms with Gasteiger partial charge in [0.2, 0.25) is 5.91 Å². The number of methoxy groups -OCH3 is 1. The Morgan fingerprint density at radius 1 is 1.14 bits per heavy atom. The van der Waals surface area contributed by atoms with Crippen molar-refractivity contribution in [1.29, 1.82) is 0 Å². The molecule has 0 saturated heterocycles. The van der Waals surface area contributed by atoms with Crippen molar-refractivity contribution in [2.24, 2.45) is 17.8 Å². The van der Waals surface area contributed by atoms with Crippen molar-refractivity contribution < 1.29 is 22.7 Å². The van der Waals surface area contributed by atoms with Gasteiger partial charge in [0.05, 0.1) is 17.7 Å². The Balaban J connectivity index is 1.35. The molecule has 2 aromatic carbocycles. The van der Waals surface area contributed by atoms with E-state index in [0.29, 0.717) is 23.0 Å². The first-order chi connectivity index (χ1) is 17.7. The molecule has 1 N–H and O–H groups in total. The van der Waals surface area contributed by atoms with Gasteiger partial charge in [-0.15, -0.1) is 11.8 Å². The number of ether oxygens (including phenoxy) is 1. The Kier molecular flexibility index (Phi) is 6.14. The Morgan fingerprint density at radius 3 is 2.70 bits per heavy atom. The van der Waals surface area contributed by atoms with E-state index < -0.39 is 17.6 Å². The quantitative estimate of drug-likeness (QED) is 0.412. The fourth-order valence-electron chi connectivity index (χ4n) is 6.48. The number of thioether (sulfide) groups is 1. The number of benzene rings is 2. The molecule has 2 bridgehead atoms. The fourth-order valence-corrected chi connectivity index (χ4v) is 9.62. The van der Waals surface area contributed by atoms with Gasteiger partial charge in [-0.3, -0.25) is 14.2 Å². The summed E-state index contributed by atoms with van der Waals surface area (Å²) in [6.07, 6.45) is -0.950. The van der Waals surface area contributed by atoms with Gasteiger partial charge in [0.15, 0.2) is 0 Å². The lowest BCUT2D eigenvalue weighted by Crippen LogP contribution is -2.35. The minimum absolute atomic E-state index is 0.0122. The normalized spacial score (nSPS) is 26.0. The largest absolute Gasteiger partial charge is 0.496 e. The molecule has 37 heavy (non-hydrogen) atoms. The Hall–Kier alpha value is -2.72. The van der Waals surface area contributed by atoms with Crippen LogP contribution in [0.15, 0.2) is 58.4 Å². The highest BCUT2D eigenvalue weighted by atomic mass is 32.2. The number of nitrogens with one attached hydrogen (secondary N) is 1. The topological polar surface area (TPSA) is 60.3 Å². The van der Waals surface area contributed by atoms with Crippen LogP contribution in [0.5, 0.6) is 5.75 Å². The molecule has 0 radical (unpaired) electrons. The van der Waals surface area contributed by atoms with Gasteiger partial charge in [0.1, 0.15) is 12.3 Å². The molecule has 3 aliphatic rings. The molecular formula is C27H25F3N2O3S2. The van der Waals surface area contributed by atoms with Gasteiger partial charge in [0.25, 0.3) is 0 Å². The molecule has 0 spiro atoms. The van der Waals surface area contributed by atoms with Gasteiger partial charge >= 0.3 is 11.0 Å². The number of carbonyl (C=O) groups excluding carboxylic acids is 1. The number of rotatable bonds is 5. The van der Waals surface area contributed by atoms with E-state index in [0.717, 1.165) is 33.3 Å². The number of fused-ring (bicyclic) bond motifs is 6. The minimum Gasteiger partial charge on any atom is -0.496 e. The highest BCUT2D eigenvalue weighted by Gasteiger charge is 2.55. The van der Waals surface area contributed by atoms with Crippen LogP contribution < -0.4 is 14.9 Å². The van der Waals surface area contributed by atoms with E-state index in [1.165, 1.54) is 47.3 Å². The van der Waals surface area contributed by atoms with E-state index in [-0.39, 0.29) is 23.0 Å². The number of nitrogens with zero attached hydrogens (tertiary/aromatic N) is 1. The number of carbonyl (C=O) groups is 1. The highest BCUT2D eigenvalue weighted by molar-refractivity contribution is 8.00. The van der Waals surface area contributed by atoms with Crippen LogP contribution in [0, 0.1) is 17.8 Å². The number of halogens is 3. The van der Waals surface area contributed by atoms with Crippen LogP contribution in [0.1, 0.15) is 41.2 Å². The van der Waals surface area contributed by atoms with Crippen LogP contribution in [0.2, 0.25) is 0 Å². The van der Waals surface area contributed by atoms with Crippen molar-refractivity contribution in [2.45, 2.75) is 48.2 Å². The first-order valence-corrected chi connectivity index (χ1v) is 13.9. The molecule has 194 valence electrons. The third-order valence-electron chi connectivity index (χ3n) is 7.94. The Labute approximate surface area is 220 Å². The summed E-state index contributed by atoms with van der Waals surface area (Å²) in [6, 6.07) is 12.5. The molecule has 3 aromatic rings. The number of para-hydroxylation sites is 1. The summed E-state index contributed by atoms with van der Waals surface area (Å²) in [4.78, 5) is 26.9. The standard InChI is InChI=1S/C27H25F3N2O3S2/c1-35-19-8-3-2-7-18(19)22-21-14-9-10-15(11-14)23(21)36-25-24(22)37-26(34)32(25)13-20(33)31-17-6-4-5-16(12-17)27(28,29)30/h2-8,12,14-15,21-23H,9-11,13H2,1H3,(H,31,33). The third kappa shape index (κ3) is 4.27. The summed E-state index contributed by atoms with van der Waals surface area (Å²) >= 11 is 2.88. The molecule has 6 rings (SSSR count). The van der Waals surface area contributed by atoms with Crippen molar-refractivity contribution in [1.82, 2.24) is 4.57 Å². The molecular weight excluding hydrogens is 521 g/mol. The molecule has 5 unspecified atom stereocenters. The molecule has 2 aliphatic carbocycles. The number of hydrogen-bond acceptors (Lipinski definition) is 5. The zero-order valence-corrected chi connectivity index (χ0v) is 21.6. The Morgan fingerprint density at radius 2 is 1.92 bits per heavy atom. The van der Waals surface area contributed by atoms with Crippen LogP contribution in [-0.4, -0.2) is 22.8 Å². The van der Waals surface area contributed by atoms with Gasteiger partial charge in [-0.2, -0.15) is 13.2 Å². The summed E-state index contributed by atoms with van der Waals surface area (Å²) < 4.78 is 46.5. The molecule has 2 saturated carbocycles. The van der Waals surface area contributed by atoms with Crippen LogP contribution >= 0.6 is 23.1 Å². The molecule has 1 aromatic heterocycles. The summed E-state index contributed by atoms with van der Waals surface area (Å²) in [7, 11) is 1.65. The van der Waals surface area contributed by atoms with Gasteiger partial charge < -0.3 is 10.1 Å². The summed E-state index contributed by atoms with van der Waals surface area (Å²) in [5, 5.41) is 3.70. The monoisotopic (exact) mass is 546 g/mol. The van der Waals surface area contributed by atoms with Crippen LogP contribution in [0.4, 0.5) is 18.9 Å². The average Bonchev–Trinajstić information content (AvgIpc) is 3.57. The predicted octanol–water partition coefficient (Wildman–Crippen LogP) is 6.23. The van der Waals surface area contributed by atoms with Gasteiger partial charge in [-0.05, 0) is 61.3 Å². The first-order valence-electron chi connectivity index (χ1n) is 12.2. The van der Waals surface area contributed by atoms with Gasteiger partial charge in [-0.1, -0.05) is 35.6 Å². The summed E-state index contributed by atoms with van der Waals surface area (Å²) in [6.45, 7) is -0.252. The van der Waals surface area contributed by atoms with Crippen LogP contribution in [-0.2, 0) is 17.5 Å². The summed E-state index contributed by atoms with van der Waals surface area (Å²) in [5.41, 5.74) is 0.272. The Bertz CT molecular complexity index is 1420. The fraction of sp³-hybridized carbons (Fsp3) is 0.407. The maximum absolute atomic E-state index is 13.2. The second-order valence-electron chi connectivity index (χ2n) is 9.96. The smallest absolute Gasteiger partial charge is 0.416 e. The molecule has 5 atom stereocenters. The number of alkyl halides is 3.